The SMILES string of the molecule is CCSCc1nc(C)nc(N)n1. The van der Waals surface area contributed by atoms with Crippen LogP contribution in [-0.4, -0.2) is 20.7 Å². The van der Waals surface area contributed by atoms with Gasteiger partial charge in [-0.3, -0.25) is 0 Å². The van der Waals surface area contributed by atoms with Gasteiger partial charge in [0.05, 0.1) is 5.75 Å². The summed E-state index contributed by atoms with van der Waals surface area (Å²) < 4.78 is 0. The van der Waals surface area contributed by atoms with Crippen molar-refractivity contribution in [3.05, 3.63) is 11.6 Å². The Hall–Kier alpha value is -0.840. The van der Waals surface area contributed by atoms with Crippen molar-refractivity contribution in [1.82, 2.24) is 15.0 Å². The molecule has 1 aromatic rings. The minimum absolute atomic E-state index is 0.314. The van der Waals surface area contributed by atoms with Crippen molar-refractivity contribution in [1.29, 1.82) is 0 Å². The first-order valence-corrected chi connectivity index (χ1v) is 4.92. The van der Waals surface area contributed by atoms with Gasteiger partial charge >= 0.3 is 0 Å². The molecule has 0 aliphatic rings. The van der Waals surface area contributed by atoms with E-state index in [2.05, 4.69) is 21.9 Å². The number of nitrogens with two attached hydrogens (primary N) is 1. The molecule has 0 aromatic carbocycles. The maximum Gasteiger partial charge on any atom is 0.223 e. The minimum atomic E-state index is 0.314. The van der Waals surface area contributed by atoms with Crippen LogP contribution in [0.1, 0.15) is 18.6 Å². The van der Waals surface area contributed by atoms with Crippen LogP contribution in [-0.2, 0) is 5.75 Å². The molecule has 0 unspecified atom stereocenters. The maximum atomic E-state index is 5.46. The number of thioether (sulfide) groups is 1. The van der Waals surface area contributed by atoms with Crippen molar-refractivity contribution >= 4 is 17.7 Å². The lowest BCUT2D eigenvalue weighted by Gasteiger charge is -1.99. The number of hydrogen-bond donors (Lipinski definition) is 1. The minimum Gasteiger partial charge on any atom is -0.368 e. The van der Waals surface area contributed by atoms with Crippen molar-refractivity contribution in [2.45, 2.75) is 19.6 Å². The lowest BCUT2D eigenvalue weighted by atomic mass is 10.6. The molecule has 1 rings (SSSR count). The molecule has 0 amide bonds. The number of hydrogen-bond acceptors (Lipinski definition) is 5. The quantitative estimate of drug-likeness (QED) is 0.759. The van der Waals surface area contributed by atoms with Crippen LogP contribution in [0.3, 0.4) is 0 Å². The van der Waals surface area contributed by atoms with E-state index in [1.807, 2.05) is 6.92 Å². The Morgan fingerprint density at radius 2 is 2.08 bits per heavy atom. The Morgan fingerprint density at radius 1 is 1.33 bits per heavy atom. The number of rotatable bonds is 3. The van der Waals surface area contributed by atoms with Crippen LogP contribution >= 0.6 is 11.8 Å². The normalized spacial score (nSPS) is 10.2. The second-order valence-electron chi connectivity index (χ2n) is 2.29. The molecular formula is C7H12N4S. The van der Waals surface area contributed by atoms with E-state index in [0.29, 0.717) is 11.8 Å². The topological polar surface area (TPSA) is 64.7 Å². The highest BCUT2D eigenvalue weighted by Crippen LogP contribution is 2.07. The van der Waals surface area contributed by atoms with Crippen LogP contribution < -0.4 is 5.73 Å². The fourth-order valence-electron chi connectivity index (χ4n) is 0.818. The van der Waals surface area contributed by atoms with E-state index in [1.54, 1.807) is 11.8 Å². The summed E-state index contributed by atoms with van der Waals surface area (Å²) in [6, 6.07) is 0. The fourth-order valence-corrected chi connectivity index (χ4v) is 1.33. The van der Waals surface area contributed by atoms with Crippen molar-refractivity contribution in [2.24, 2.45) is 0 Å². The standard InChI is InChI=1S/C7H12N4S/c1-3-12-4-6-9-5(2)10-7(8)11-6/h3-4H2,1-2H3,(H2,8,9,10,11). The smallest absolute Gasteiger partial charge is 0.223 e. The van der Waals surface area contributed by atoms with Gasteiger partial charge in [-0.2, -0.15) is 21.7 Å². The lowest BCUT2D eigenvalue weighted by molar-refractivity contribution is 0.923. The van der Waals surface area contributed by atoms with E-state index in [4.69, 9.17) is 5.73 Å². The van der Waals surface area contributed by atoms with Gasteiger partial charge in [0, 0.05) is 0 Å². The molecule has 0 aliphatic heterocycles. The molecule has 4 nitrogen and oxygen atoms in total. The van der Waals surface area contributed by atoms with Gasteiger partial charge in [0.1, 0.15) is 11.6 Å². The van der Waals surface area contributed by atoms with Crippen molar-refractivity contribution < 1.29 is 0 Å². The lowest BCUT2D eigenvalue weighted by Crippen LogP contribution is -2.03. The molecule has 0 aliphatic carbocycles. The van der Waals surface area contributed by atoms with Crippen LogP contribution in [0.5, 0.6) is 0 Å². The van der Waals surface area contributed by atoms with Crippen LogP contribution in [0.15, 0.2) is 0 Å². The van der Waals surface area contributed by atoms with Crippen LogP contribution in [0.25, 0.3) is 0 Å². The van der Waals surface area contributed by atoms with Gasteiger partial charge in [-0.15, -0.1) is 0 Å². The van der Waals surface area contributed by atoms with Gasteiger partial charge in [0.15, 0.2) is 0 Å². The summed E-state index contributed by atoms with van der Waals surface area (Å²) >= 11 is 1.77. The number of aromatic nitrogens is 3. The third kappa shape index (κ3) is 2.65. The molecule has 0 saturated heterocycles. The molecule has 1 heterocycles. The van der Waals surface area contributed by atoms with E-state index < -0.39 is 0 Å². The average Bonchev–Trinajstić information content (AvgIpc) is 1.99. The zero-order valence-corrected chi connectivity index (χ0v) is 8.06. The molecule has 0 fully saturated rings. The number of aryl methyl sites for hydroxylation is 1. The largest absolute Gasteiger partial charge is 0.368 e. The fraction of sp³-hybridized carbons (Fsp3) is 0.571. The molecule has 0 bridgehead atoms. The number of nitrogens with zero attached hydrogens (tertiary/aromatic N) is 3. The highest BCUT2D eigenvalue weighted by atomic mass is 32.2. The van der Waals surface area contributed by atoms with Crippen molar-refractivity contribution in [2.75, 3.05) is 11.5 Å². The summed E-state index contributed by atoms with van der Waals surface area (Å²) in [5.41, 5.74) is 5.46. The molecule has 0 atom stereocenters. The third-order valence-corrected chi connectivity index (χ3v) is 2.12. The third-order valence-electron chi connectivity index (χ3n) is 1.25. The first-order valence-electron chi connectivity index (χ1n) is 3.77. The Labute approximate surface area is 76.0 Å². The van der Waals surface area contributed by atoms with E-state index in [-0.39, 0.29) is 0 Å². The molecule has 0 saturated carbocycles. The second kappa shape index (κ2) is 4.25. The van der Waals surface area contributed by atoms with Gasteiger partial charge in [0.2, 0.25) is 5.95 Å². The zero-order valence-electron chi connectivity index (χ0n) is 7.24. The van der Waals surface area contributed by atoms with Crippen LogP contribution in [0, 0.1) is 6.92 Å². The first kappa shape index (κ1) is 9.25. The zero-order chi connectivity index (χ0) is 8.97. The Bertz CT molecular complexity index is 243. The molecular weight excluding hydrogens is 172 g/mol. The van der Waals surface area contributed by atoms with Gasteiger partial charge in [0.25, 0.3) is 0 Å². The number of anilines is 1. The molecule has 0 spiro atoms. The maximum absolute atomic E-state index is 5.46. The van der Waals surface area contributed by atoms with Crippen molar-refractivity contribution in [3.63, 3.8) is 0 Å². The van der Waals surface area contributed by atoms with Gasteiger partial charge in [-0.05, 0) is 12.7 Å². The molecule has 0 radical (unpaired) electrons. The Balaban J connectivity index is 2.72. The van der Waals surface area contributed by atoms with E-state index in [0.717, 1.165) is 17.3 Å². The Morgan fingerprint density at radius 3 is 2.67 bits per heavy atom. The van der Waals surface area contributed by atoms with Gasteiger partial charge in [-0.1, -0.05) is 6.92 Å². The summed E-state index contributed by atoms with van der Waals surface area (Å²) in [6.45, 7) is 3.92. The molecule has 2 N–H and O–H groups in total. The average molecular weight is 184 g/mol. The predicted octanol–water partition coefficient (Wildman–Crippen LogP) is 1.02. The monoisotopic (exact) mass is 184 g/mol. The molecule has 66 valence electrons. The van der Waals surface area contributed by atoms with Crippen LogP contribution in [0.4, 0.5) is 5.95 Å². The van der Waals surface area contributed by atoms with E-state index in [9.17, 15) is 0 Å². The molecule has 5 heteroatoms. The van der Waals surface area contributed by atoms with Gasteiger partial charge < -0.3 is 5.73 Å². The summed E-state index contributed by atoms with van der Waals surface area (Å²) in [5.74, 6) is 3.64. The van der Waals surface area contributed by atoms with E-state index in [1.165, 1.54) is 0 Å². The van der Waals surface area contributed by atoms with Gasteiger partial charge in [-0.25, -0.2) is 4.98 Å². The predicted molar refractivity (Wildman–Crippen MR) is 50.8 cm³/mol. The van der Waals surface area contributed by atoms with Crippen molar-refractivity contribution in [3.8, 4) is 0 Å². The molecule has 12 heavy (non-hydrogen) atoms. The second-order valence-corrected chi connectivity index (χ2v) is 3.57. The summed E-state index contributed by atoms with van der Waals surface area (Å²) in [7, 11) is 0. The number of nitrogen functional groups attached to an aromatic ring is 1. The van der Waals surface area contributed by atoms with E-state index >= 15 is 0 Å². The molecule has 1 aromatic heterocycles. The van der Waals surface area contributed by atoms with Crippen LogP contribution in [0.2, 0.25) is 0 Å². The summed E-state index contributed by atoms with van der Waals surface area (Å²) in [5, 5.41) is 0. The highest BCUT2D eigenvalue weighted by Gasteiger charge is 1.99. The first-order chi connectivity index (χ1) is 5.72. The Kier molecular flexibility index (Phi) is 3.28. The summed E-state index contributed by atoms with van der Waals surface area (Å²) in [4.78, 5) is 12.0. The summed E-state index contributed by atoms with van der Waals surface area (Å²) in [6.07, 6.45) is 0. The highest BCUT2D eigenvalue weighted by molar-refractivity contribution is 7.98.